The van der Waals surface area contributed by atoms with Gasteiger partial charge in [-0.1, -0.05) is 42.1 Å². The summed E-state index contributed by atoms with van der Waals surface area (Å²) in [6.45, 7) is 4.26. The molecule has 1 fully saturated rings. The molecular formula is C30H38N6S. The molecule has 2 aromatic carbocycles. The Hall–Kier alpha value is -2.87. The molecule has 2 aromatic heterocycles. The summed E-state index contributed by atoms with van der Waals surface area (Å²) in [6.07, 6.45) is 9.79. The van der Waals surface area contributed by atoms with Crippen LogP contribution in [0.1, 0.15) is 37.3 Å². The van der Waals surface area contributed by atoms with Crippen LogP contribution in [0, 0.1) is 5.92 Å². The van der Waals surface area contributed by atoms with E-state index < -0.39 is 0 Å². The number of nitrogens with one attached hydrogen (secondary N) is 3. The SMILES string of the molecule is CNc1ncnc2c1ccn2C1CCC(CNCCCNCCc2cccc(Sc3ccccc3)c2)C1. The van der Waals surface area contributed by atoms with E-state index in [9.17, 15) is 0 Å². The van der Waals surface area contributed by atoms with Crippen LogP contribution in [-0.2, 0) is 6.42 Å². The van der Waals surface area contributed by atoms with Gasteiger partial charge in [-0.15, -0.1) is 0 Å². The second kappa shape index (κ2) is 13.1. The molecule has 7 heteroatoms. The Morgan fingerprint density at radius 1 is 0.919 bits per heavy atom. The van der Waals surface area contributed by atoms with E-state index in [4.69, 9.17) is 0 Å². The lowest BCUT2D eigenvalue weighted by atomic mass is 10.1. The van der Waals surface area contributed by atoms with Crippen LogP contribution in [0.4, 0.5) is 5.82 Å². The summed E-state index contributed by atoms with van der Waals surface area (Å²) in [7, 11) is 1.91. The van der Waals surface area contributed by atoms with Crippen LogP contribution >= 0.6 is 11.8 Å². The molecule has 1 aliphatic carbocycles. The standard InChI is InChI=1S/C30H38N6S/c1-31-29-28-14-18-36(30(28)35-22-34-29)25-12-11-24(19-25)21-33-16-6-15-32-17-13-23-7-5-10-27(20-23)37-26-8-3-2-4-9-26/h2-5,7-10,14,18,20,22,24-25,32-33H,6,11-13,15-17,19,21H2,1H3,(H,31,34,35). The maximum absolute atomic E-state index is 4.56. The van der Waals surface area contributed by atoms with Gasteiger partial charge in [-0.25, -0.2) is 9.97 Å². The molecule has 2 atom stereocenters. The second-order valence-corrected chi connectivity index (χ2v) is 11.0. The summed E-state index contributed by atoms with van der Waals surface area (Å²) in [5.41, 5.74) is 2.44. The first-order valence-electron chi connectivity index (χ1n) is 13.5. The molecule has 2 unspecified atom stereocenters. The van der Waals surface area contributed by atoms with Gasteiger partial charge < -0.3 is 20.5 Å². The first-order valence-corrected chi connectivity index (χ1v) is 14.3. The van der Waals surface area contributed by atoms with Crippen molar-refractivity contribution in [3.8, 4) is 0 Å². The number of anilines is 1. The maximum atomic E-state index is 4.56. The summed E-state index contributed by atoms with van der Waals surface area (Å²) in [5.74, 6) is 1.64. The molecule has 2 heterocycles. The highest BCUT2D eigenvalue weighted by Gasteiger charge is 2.26. The Labute approximate surface area is 224 Å². The molecule has 0 aliphatic heterocycles. The van der Waals surface area contributed by atoms with Crippen molar-refractivity contribution in [2.75, 3.05) is 38.5 Å². The summed E-state index contributed by atoms with van der Waals surface area (Å²) in [5, 5.41) is 11.6. The van der Waals surface area contributed by atoms with E-state index in [1.165, 1.54) is 34.6 Å². The summed E-state index contributed by atoms with van der Waals surface area (Å²) in [6, 6.07) is 22.2. The van der Waals surface area contributed by atoms with Gasteiger partial charge in [0.2, 0.25) is 0 Å². The van der Waals surface area contributed by atoms with Crippen molar-refractivity contribution in [1.82, 2.24) is 25.2 Å². The fourth-order valence-corrected chi connectivity index (χ4v) is 6.27. The molecule has 6 nitrogen and oxygen atoms in total. The molecular weight excluding hydrogens is 476 g/mol. The van der Waals surface area contributed by atoms with E-state index in [0.717, 1.165) is 61.8 Å². The Balaban J connectivity index is 0.957. The Morgan fingerprint density at radius 2 is 1.78 bits per heavy atom. The van der Waals surface area contributed by atoms with Gasteiger partial charge in [0.15, 0.2) is 0 Å². The number of aromatic nitrogens is 3. The van der Waals surface area contributed by atoms with Crippen molar-refractivity contribution in [1.29, 1.82) is 0 Å². The van der Waals surface area contributed by atoms with Gasteiger partial charge in [0.05, 0.1) is 5.39 Å². The predicted octanol–water partition coefficient (Wildman–Crippen LogP) is 5.78. The van der Waals surface area contributed by atoms with Crippen LogP contribution in [0.2, 0.25) is 0 Å². The second-order valence-electron chi connectivity index (χ2n) is 9.89. The average molecular weight is 515 g/mol. The minimum absolute atomic E-state index is 0.537. The largest absolute Gasteiger partial charge is 0.372 e. The number of benzene rings is 2. The Kier molecular flexibility index (Phi) is 9.11. The minimum atomic E-state index is 0.537. The third-order valence-electron chi connectivity index (χ3n) is 7.26. The molecule has 194 valence electrons. The fraction of sp³-hybridized carbons (Fsp3) is 0.400. The molecule has 0 amide bonds. The molecule has 0 radical (unpaired) electrons. The Bertz CT molecular complexity index is 1260. The zero-order valence-corrected chi connectivity index (χ0v) is 22.5. The summed E-state index contributed by atoms with van der Waals surface area (Å²) < 4.78 is 2.36. The molecule has 0 spiro atoms. The highest BCUT2D eigenvalue weighted by molar-refractivity contribution is 7.99. The quantitative estimate of drug-likeness (QED) is 0.197. The van der Waals surface area contributed by atoms with Crippen molar-refractivity contribution in [2.24, 2.45) is 5.92 Å². The van der Waals surface area contributed by atoms with Crippen LogP contribution in [0.5, 0.6) is 0 Å². The van der Waals surface area contributed by atoms with E-state index in [1.54, 1.807) is 6.33 Å². The minimum Gasteiger partial charge on any atom is -0.372 e. The van der Waals surface area contributed by atoms with E-state index in [0.29, 0.717) is 6.04 Å². The van der Waals surface area contributed by atoms with Crippen LogP contribution in [0.25, 0.3) is 11.0 Å². The van der Waals surface area contributed by atoms with Gasteiger partial charge in [-0.05, 0) is 100 Å². The normalized spacial score (nSPS) is 17.4. The lowest BCUT2D eigenvalue weighted by Gasteiger charge is -2.15. The molecule has 1 aliphatic rings. The van der Waals surface area contributed by atoms with Crippen molar-refractivity contribution >= 4 is 28.6 Å². The lowest BCUT2D eigenvalue weighted by molar-refractivity contribution is 0.452. The lowest BCUT2D eigenvalue weighted by Crippen LogP contribution is -2.26. The van der Waals surface area contributed by atoms with E-state index >= 15 is 0 Å². The third kappa shape index (κ3) is 6.92. The van der Waals surface area contributed by atoms with Gasteiger partial charge >= 0.3 is 0 Å². The van der Waals surface area contributed by atoms with E-state index in [2.05, 4.69) is 97.3 Å². The van der Waals surface area contributed by atoms with E-state index in [1.807, 2.05) is 18.8 Å². The number of hydrogen-bond donors (Lipinski definition) is 3. The number of fused-ring (bicyclic) bond motifs is 1. The topological polar surface area (TPSA) is 66.8 Å². The molecule has 5 rings (SSSR count). The highest BCUT2D eigenvalue weighted by Crippen LogP contribution is 2.36. The molecule has 0 bridgehead atoms. The summed E-state index contributed by atoms with van der Waals surface area (Å²) >= 11 is 1.83. The van der Waals surface area contributed by atoms with Crippen LogP contribution in [0.15, 0.2) is 83.0 Å². The fourth-order valence-electron chi connectivity index (χ4n) is 5.34. The van der Waals surface area contributed by atoms with Crippen molar-refractivity contribution in [3.63, 3.8) is 0 Å². The summed E-state index contributed by atoms with van der Waals surface area (Å²) in [4.78, 5) is 11.5. The maximum Gasteiger partial charge on any atom is 0.145 e. The monoisotopic (exact) mass is 514 g/mol. The van der Waals surface area contributed by atoms with Crippen LogP contribution < -0.4 is 16.0 Å². The number of hydrogen-bond acceptors (Lipinski definition) is 6. The first kappa shape index (κ1) is 25.8. The molecule has 1 saturated carbocycles. The van der Waals surface area contributed by atoms with Gasteiger partial charge in [0.1, 0.15) is 17.8 Å². The van der Waals surface area contributed by atoms with E-state index in [-0.39, 0.29) is 0 Å². The third-order valence-corrected chi connectivity index (χ3v) is 8.26. The Morgan fingerprint density at radius 3 is 2.68 bits per heavy atom. The van der Waals surface area contributed by atoms with Gasteiger partial charge in [-0.2, -0.15) is 0 Å². The van der Waals surface area contributed by atoms with Crippen molar-refractivity contribution in [3.05, 3.63) is 78.8 Å². The van der Waals surface area contributed by atoms with Gasteiger partial charge in [0.25, 0.3) is 0 Å². The zero-order valence-electron chi connectivity index (χ0n) is 21.7. The predicted molar refractivity (Wildman–Crippen MR) is 155 cm³/mol. The molecule has 3 N–H and O–H groups in total. The zero-order chi connectivity index (χ0) is 25.3. The van der Waals surface area contributed by atoms with Gasteiger partial charge in [0, 0.05) is 29.1 Å². The molecule has 0 saturated heterocycles. The van der Waals surface area contributed by atoms with Crippen LogP contribution in [0.3, 0.4) is 0 Å². The van der Waals surface area contributed by atoms with Gasteiger partial charge in [-0.3, -0.25) is 0 Å². The van der Waals surface area contributed by atoms with Crippen LogP contribution in [-0.4, -0.2) is 47.8 Å². The molecule has 37 heavy (non-hydrogen) atoms. The number of rotatable bonds is 13. The average Bonchev–Trinajstić information content (AvgIpc) is 3.58. The number of nitrogens with zero attached hydrogens (tertiary/aromatic N) is 3. The first-order chi connectivity index (χ1) is 18.3. The smallest absolute Gasteiger partial charge is 0.145 e. The molecule has 4 aromatic rings. The highest BCUT2D eigenvalue weighted by atomic mass is 32.2. The van der Waals surface area contributed by atoms with Crippen molar-refractivity contribution < 1.29 is 0 Å². The van der Waals surface area contributed by atoms with Crippen molar-refractivity contribution in [2.45, 2.75) is 47.9 Å².